The standard InChI is InChI=1S/C19H18F3NO3/c1-11(13-6-4-3-5-7-13)10-16(24)26-12(2)19(25)23-15-9-8-14(20)17(21)18(15)22/h3-9,11-12H,10H2,1-2H3,(H,23,25)/t11-,12+/m1/s1. The molecular weight excluding hydrogens is 347 g/mol. The van der Waals surface area contributed by atoms with Crippen LogP contribution >= 0.6 is 0 Å². The number of rotatable bonds is 6. The van der Waals surface area contributed by atoms with Crippen LogP contribution in [0.25, 0.3) is 0 Å². The van der Waals surface area contributed by atoms with E-state index in [1.165, 1.54) is 6.92 Å². The summed E-state index contributed by atoms with van der Waals surface area (Å²) in [6.07, 6.45) is -1.17. The fourth-order valence-corrected chi connectivity index (χ4v) is 2.31. The largest absolute Gasteiger partial charge is 0.453 e. The van der Waals surface area contributed by atoms with Gasteiger partial charge in [-0.15, -0.1) is 0 Å². The number of amides is 1. The average Bonchev–Trinajstić information content (AvgIpc) is 2.62. The maximum atomic E-state index is 13.6. The first kappa shape index (κ1) is 19.5. The summed E-state index contributed by atoms with van der Waals surface area (Å²) < 4.78 is 44.7. The lowest BCUT2D eigenvalue weighted by atomic mass is 9.98. The highest BCUT2D eigenvalue weighted by atomic mass is 19.2. The molecule has 0 aliphatic heterocycles. The Morgan fingerprint density at radius 1 is 1.00 bits per heavy atom. The zero-order valence-electron chi connectivity index (χ0n) is 14.3. The zero-order valence-corrected chi connectivity index (χ0v) is 14.3. The first-order valence-corrected chi connectivity index (χ1v) is 7.98. The molecule has 0 aliphatic carbocycles. The number of hydrogen-bond donors (Lipinski definition) is 1. The summed E-state index contributed by atoms with van der Waals surface area (Å²) in [5.74, 6) is -6.14. The molecule has 0 radical (unpaired) electrons. The molecule has 0 spiro atoms. The average molecular weight is 365 g/mol. The third-order valence-electron chi connectivity index (χ3n) is 3.81. The Hall–Kier alpha value is -2.83. The van der Waals surface area contributed by atoms with E-state index in [0.29, 0.717) is 6.07 Å². The molecule has 0 aromatic heterocycles. The van der Waals surface area contributed by atoms with Gasteiger partial charge in [-0.25, -0.2) is 13.2 Å². The van der Waals surface area contributed by atoms with Gasteiger partial charge in [0.2, 0.25) is 0 Å². The van der Waals surface area contributed by atoms with E-state index in [2.05, 4.69) is 5.32 Å². The minimum absolute atomic E-state index is 0.0567. The van der Waals surface area contributed by atoms with E-state index in [0.717, 1.165) is 11.6 Å². The van der Waals surface area contributed by atoms with Crippen molar-refractivity contribution < 1.29 is 27.5 Å². The second-order valence-corrected chi connectivity index (χ2v) is 5.86. The SMILES string of the molecule is C[C@H](OC(=O)C[C@@H](C)c1ccccc1)C(=O)Nc1ccc(F)c(F)c1F. The van der Waals surface area contributed by atoms with E-state index in [1.54, 1.807) is 0 Å². The van der Waals surface area contributed by atoms with Gasteiger partial charge in [0, 0.05) is 0 Å². The predicted octanol–water partition coefficient (Wildman–Crippen LogP) is 4.17. The summed E-state index contributed by atoms with van der Waals surface area (Å²) in [6.45, 7) is 3.15. The van der Waals surface area contributed by atoms with Crippen molar-refractivity contribution in [2.45, 2.75) is 32.3 Å². The van der Waals surface area contributed by atoms with Crippen molar-refractivity contribution in [3.8, 4) is 0 Å². The third kappa shape index (κ3) is 4.84. The lowest BCUT2D eigenvalue weighted by molar-refractivity contribution is -0.153. The van der Waals surface area contributed by atoms with Gasteiger partial charge in [0.25, 0.3) is 5.91 Å². The summed E-state index contributed by atoms with van der Waals surface area (Å²) in [5.41, 5.74) is 0.417. The van der Waals surface area contributed by atoms with Crippen LogP contribution in [0.5, 0.6) is 0 Å². The molecule has 0 bridgehead atoms. The van der Waals surface area contributed by atoms with Gasteiger partial charge in [0.1, 0.15) is 0 Å². The lowest BCUT2D eigenvalue weighted by Gasteiger charge is -2.16. The Morgan fingerprint density at radius 2 is 1.65 bits per heavy atom. The minimum atomic E-state index is -1.69. The first-order chi connectivity index (χ1) is 12.3. The molecule has 2 rings (SSSR count). The van der Waals surface area contributed by atoms with Crippen LogP contribution < -0.4 is 5.32 Å². The first-order valence-electron chi connectivity index (χ1n) is 7.98. The van der Waals surface area contributed by atoms with Crippen molar-refractivity contribution in [1.82, 2.24) is 0 Å². The maximum Gasteiger partial charge on any atom is 0.307 e. The fraction of sp³-hybridized carbons (Fsp3) is 0.263. The highest BCUT2D eigenvalue weighted by Gasteiger charge is 2.22. The van der Waals surface area contributed by atoms with Crippen molar-refractivity contribution in [3.05, 3.63) is 65.5 Å². The molecule has 4 nitrogen and oxygen atoms in total. The van der Waals surface area contributed by atoms with Gasteiger partial charge in [-0.3, -0.25) is 9.59 Å². The molecule has 0 heterocycles. The van der Waals surface area contributed by atoms with Crippen LogP contribution in [-0.4, -0.2) is 18.0 Å². The van der Waals surface area contributed by atoms with Gasteiger partial charge in [-0.05, 0) is 30.5 Å². The second kappa shape index (κ2) is 8.51. The Morgan fingerprint density at radius 3 is 2.31 bits per heavy atom. The summed E-state index contributed by atoms with van der Waals surface area (Å²) in [7, 11) is 0. The monoisotopic (exact) mass is 365 g/mol. The minimum Gasteiger partial charge on any atom is -0.453 e. The molecule has 0 fully saturated rings. The van der Waals surface area contributed by atoms with Gasteiger partial charge in [-0.1, -0.05) is 37.3 Å². The molecule has 0 saturated carbocycles. The number of ether oxygens (including phenoxy) is 1. The molecule has 0 saturated heterocycles. The summed E-state index contributed by atoms with van der Waals surface area (Å²) in [4.78, 5) is 24.0. The quantitative estimate of drug-likeness (QED) is 0.618. The normalized spacial score (nSPS) is 13.0. The molecule has 2 atom stereocenters. The smallest absolute Gasteiger partial charge is 0.307 e. The predicted molar refractivity (Wildman–Crippen MR) is 90.0 cm³/mol. The number of carbonyl (C=O) groups excluding carboxylic acids is 2. The Balaban J connectivity index is 1.92. The van der Waals surface area contributed by atoms with E-state index in [9.17, 15) is 22.8 Å². The Kier molecular flexibility index (Phi) is 6.38. The van der Waals surface area contributed by atoms with Crippen molar-refractivity contribution in [1.29, 1.82) is 0 Å². The van der Waals surface area contributed by atoms with Crippen LogP contribution in [0.1, 0.15) is 31.7 Å². The van der Waals surface area contributed by atoms with Gasteiger partial charge >= 0.3 is 5.97 Å². The fourth-order valence-electron chi connectivity index (χ4n) is 2.31. The molecular formula is C19H18F3NO3. The maximum absolute atomic E-state index is 13.6. The Labute approximate surface area is 149 Å². The van der Waals surface area contributed by atoms with Crippen LogP contribution in [0.4, 0.5) is 18.9 Å². The number of anilines is 1. The molecule has 1 N–H and O–H groups in total. The number of benzene rings is 2. The highest BCUT2D eigenvalue weighted by Crippen LogP contribution is 2.21. The number of nitrogens with one attached hydrogen (secondary N) is 1. The van der Waals surface area contributed by atoms with E-state index in [-0.39, 0.29) is 12.3 Å². The topological polar surface area (TPSA) is 55.4 Å². The summed E-state index contributed by atoms with van der Waals surface area (Å²) >= 11 is 0. The summed E-state index contributed by atoms with van der Waals surface area (Å²) in [5, 5.41) is 2.07. The van der Waals surface area contributed by atoms with E-state index in [1.807, 2.05) is 37.3 Å². The van der Waals surface area contributed by atoms with Crippen LogP contribution in [-0.2, 0) is 14.3 Å². The van der Waals surface area contributed by atoms with Crippen molar-refractivity contribution in [3.63, 3.8) is 0 Å². The molecule has 26 heavy (non-hydrogen) atoms. The number of hydrogen-bond acceptors (Lipinski definition) is 3. The van der Waals surface area contributed by atoms with E-state index >= 15 is 0 Å². The van der Waals surface area contributed by atoms with Crippen LogP contribution in [0, 0.1) is 17.5 Å². The molecule has 2 aromatic carbocycles. The number of carbonyl (C=O) groups is 2. The molecule has 138 valence electrons. The molecule has 1 amide bonds. The molecule has 2 aromatic rings. The highest BCUT2D eigenvalue weighted by molar-refractivity contribution is 5.95. The molecule has 0 unspecified atom stereocenters. The number of esters is 1. The van der Waals surface area contributed by atoms with E-state index < -0.39 is 41.1 Å². The van der Waals surface area contributed by atoms with Gasteiger partial charge in [-0.2, -0.15) is 0 Å². The van der Waals surface area contributed by atoms with Crippen LogP contribution in [0.3, 0.4) is 0 Å². The third-order valence-corrected chi connectivity index (χ3v) is 3.81. The van der Waals surface area contributed by atoms with Crippen LogP contribution in [0.15, 0.2) is 42.5 Å². The lowest BCUT2D eigenvalue weighted by Crippen LogP contribution is -2.30. The van der Waals surface area contributed by atoms with Crippen molar-refractivity contribution in [2.24, 2.45) is 0 Å². The van der Waals surface area contributed by atoms with Gasteiger partial charge in [0.05, 0.1) is 12.1 Å². The molecule has 7 heteroatoms. The van der Waals surface area contributed by atoms with Crippen LogP contribution in [0.2, 0.25) is 0 Å². The number of halogens is 3. The van der Waals surface area contributed by atoms with Gasteiger partial charge < -0.3 is 10.1 Å². The van der Waals surface area contributed by atoms with Crippen molar-refractivity contribution >= 4 is 17.6 Å². The summed E-state index contributed by atoms with van der Waals surface area (Å²) in [6, 6.07) is 10.9. The van der Waals surface area contributed by atoms with E-state index in [4.69, 9.17) is 4.74 Å². The second-order valence-electron chi connectivity index (χ2n) is 5.86. The zero-order chi connectivity index (χ0) is 19.3. The van der Waals surface area contributed by atoms with Gasteiger partial charge in [0.15, 0.2) is 23.6 Å². The van der Waals surface area contributed by atoms with Crippen molar-refractivity contribution in [2.75, 3.05) is 5.32 Å². The Bertz CT molecular complexity index is 796. The molecule has 0 aliphatic rings.